The fourth-order valence-electron chi connectivity index (χ4n) is 2.33. The third-order valence-corrected chi connectivity index (χ3v) is 4.18. The van der Waals surface area contributed by atoms with E-state index >= 15 is 0 Å². The fraction of sp³-hybridized carbons (Fsp3) is 0.111. The Balaban J connectivity index is 1.93. The largest absolute Gasteiger partial charge is 0.463 e. The van der Waals surface area contributed by atoms with E-state index in [2.05, 4.69) is 21.2 Å². The quantitative estimate of drug-likeness (QED) is 0.588. The SMILES string of the molecule is O=C(Nc1ccc2c(Cl)c(OCCBr)oc(=O)c2c1)c1cccc(F)c1. The summed E-state index contributed by atoms with van der Waals surface area (Å²) in [6.45, 7) is 0.288. The Labute approximate surface area is 160 Å². The van der Waals surface area contributed by atoms with Crippen molar-refractivity contribution in [2.24, 2.45) is 0 Å². The molecule has 134 valence electrons. The van der Waals surface area contributed by atoms with Gasteiger partial charge < -0.3 is 14.5 Å². The predicted molar refractivity (Wildman–Crippen MR) is 101 cm³/mol. The van der Waals surface area contributed by atoms with Crippen LogP contribution in [0.1, 0.15) is 10.4 Å². The number of hydrogen-bond donors (Lipinski definition) is 1. The summed E-state index contributed by atoms with van der Waals surface area (Å²) in [5.41, 5.74) is -0.131. The standard InChI is InChI=1S/C18H12BrClFNO4/c19-6-7-25-18-15(20)13-5-4-12(9-14(13)17(24)26-18)22-16(23)10-2-1-3-11(21)8-10/h1-5,8-9H,6-7H2,(H,22,23). The van der Waals surface area contributed by atoms with Crippen LogP contribution in [-0.2, 0) is 0 Å². The van der Waals surface area contributed by atoms with Gasteiger partial charge in [0, 0.05) is 22.0 Å². The van der Waals surface area contributed by atoms with Gasteiger partial charge in [0.05, 0.1) is 5.39 Å². The molecule has 0 spiro atoms. The second-order valence-corrected chi connectivity index (χ2v) is 6.42. The third-order valence-electron chi connectivity index (χ3n) is 3.50. The highest BCUT2D eigenvalue weighted by atomic mass is 79.9. The Hall–Kier alpha value is -2.38. The zero-order valence-electron chi connectivity index (χ0n) is 13.2. The van der Waals surface area contributed by atoms with Crippen LogP contribution in [0.15, 0.2) is 51.7 Å². The van der Waals surface area contributed by atoms with Crippen molar-refractivity contribution in [1.29, 1.82) is 0 Å². The normalized spacial score (nSPS) is 10.7. The van der Waals surface area contributed by atoms with E-state index < -0.39 is 17.3 Å². The Morgan fingerprint density at radius 2 is 2.04 bits per heavy atom. The Morgan fingerprint density at radius 1 is 1.23 bits per heavy atom. The second kappa shape index (κ2) is 7.88. The van der Waals surface area contributed by atoms with Crippen LogP contribution in [0.3, 0.4) is 0 Å². The number of amides is 1. The lowest BCUT2D eigenvalue weighted by atomic mass is 10.1. The molecule has 0 saturated heterocycles. The summed E-state index contributed by atoms with van der Waals surface area (Å²) in [5, 5.41) is 3.96. The molecule has 0 fully saturated rings. The molecule has 1 amide bonds. The Bertz CT molecular complexity index is 1040. The van der Waals surface area contributed by atoms with Gasteiger partial charge in [0.1, 0.15) is 17.4 Å². The van der Waals surface area contributed by atoms with Crippen LogP contribution in [0.4, 0.5) is 10.1 Å². The molecule has 0 unspecified atom stereocenters. The van der Waals surface area contributed by atoms with Crippen LogP contribution in [0.5, 0.6) is 5.95 Å². The third kappa shape index (κ3) is 3.89. The minimum absolute atomic E-state index is 0.0554. The van der Waals surface area contributed by atoms with Crippen molar-refractivity contribution in [3.63, 3.8) is 0 Å². The molecule has 0 atom stereocenters. The summed E-state index contributed by atoms with van der Waals surface area (Å²) in [6, 6.07) is 9.89. The number of fused-ring (bicyclic) bond motifs is 1. The molecule has 0 aliphatic heterocycles. The van der Waals surface area contributed by atoms with Crippen LogP contribution in [0, 0.1) is 5.82 Å². The number of alkyl halides is 1. The van der Waals surface area contributed by atoms with Gasteiger partial charge in [-0.15, -0.1) is 0 Å². The number of carbonyl (C=O) groups is 1. The van der Waals surface area contributed by atoms with Crippen molar-refractivity contribution in [3.05, 3.63) is 69.3 Å². The molecule has 0 radical (unpaired) electrons. The lowest BCUT2D eigenvalue weighted by Crippen LogP contribution is -2.12. The van der Waals surface area contributed by atoms with Gasteiger partial charge in [0.2, 0.25) is 0 Å². The number of hydrogen-bond acceptors (Lipinski definition) is 4. The maximum atomic E-state index is 13.2. The first-order valence-corrected chi connectivity index (χ1v) is 9.01. The number of anilines is 1. The van der Waals surface area contributed by atoms with E-state index in [0.29, 0.717) is 16.4 Å². The number of benzene rings is 2. The molecular weight excluding hydrogens is 429 g/mol. The van der Waals surface area contributed by atoms with Gasteiger partial charge in [-0.3, -0.25) is 4.79 Å². The first-order valence-electron chi connectivity index (χ1n) is 7.51. The van der Waals surface area contributed by atoms with Crippen molar-refractivity contribution in [3.8, 4) is 5.95 Å². The van der Waals surface area contributed by atoms with Crippen LogP contribution >= 0.6 is 27.5 Å². The Morgan fingerprint density at radius 3 is 2.77 bits per heavy atom. The van der Waals surface area contributed by atoms with Gasteiger partial charge in [0.15, 0.2) is 0 Å². The molecule has 26 heavy (non-hydrogen) atoms. The topological polar surface area (TPSA) is 68.5 Å². The molecule has 2 aromatic carbocycles. The number of halogens is 3. The highest BCUT2D eigenvalue weighted by Crippen LogP contribution is 2.32. The van der Waals surface area contributed by atoms with E-state index in [4.69, 9.17) is 20.8 Å². The van der Waals surface area contributed by atoms with Crippen LogP contribution in [0.2, 0.25) is 5.02 Å². The molecule has 8 heteroatoms. The fourth-order valence-corrected chi connectivity index (χ4v) is 2.75. The van der Waals surface area contributed by atoms with Crippen molar-refractivity contribution in [2.75, 3.05) is 17.3 Å². The first-order chi connectivity index (χ1) is 12.5. The summed E-state index contributed by atoms with van der Waals surface area (Å²) in [7, 11) is 0. The van der Waals surface area contributed by atoms with Gasteiger partial charge in [0.25, 0.3) is 5.91 Å². The monoisotopic (exact) mass is 439 g/mol. The zero-order chi connectivity index (χ0) is 18.7. The van der Waals surface area contributed by atoms with Gasteiger partial charge in [-0.05, 0) is 30.3 Å². The molecule has 3 rings (SSSR count). The number of ether oxygens (including phenoxy) is 1. The van der Waals surface area contributed by atoms with Crippen LogP contribution in [-0.4, -0.2) is 17.8 Å². The van der Waals surface area contributed by atoms with Crippen LogP contribution in [0.25, 0.3) is 10.8 Å². The van der Waals surface area contributed by atoms with Gasteiger partial charge in [-0.2, -0.15) is 0 Å². The average molecular weight is 441 g/mol. The molecule has 3 aromatic rings. The first kappa shape index (κ1) is 18.4. The van der Waals surface area contributed by atoms with E-state index in [0.717, 1.165) is 6.07 Å². The number of rotatable bonds is 5. The summed E-state index contributed by atoms with van der Waals surface area (Å²) < 4.78 is 23.6. The highest BCUT2D eigenvalue weighted by molar-refractivity contribution is 9.09. The molecule has 0 aliphatic rings. The van der Waals surface area contributed by atoms with Crippen molar-refractivity contribution >= 4 is 49.9 Å². The predicted octanol–water partition coefficient (Wildman–Crippen LogP) is 4.61. The van der Waals surface area contributed by atoms with E-state index in [1.54, 1.807) is 12.1 Å². The molecule has 5 nitrogen and oxygen atoms in total. The summed E-state index contributed by atoms with van der Waals surface area (Å²) in [4.78, 5) is 24.4. The van der Waals surface area contributed by atoms with Crippen molar-refractivity contribution in [2.45, 2.75) is 0 Å². The molecule has 1 heterocycles. The minimum atomic E-state index is -0.643. The molecular formula is C18H12BrClFNO4. The van der Waals surface area contributed by atoms with E-state index in [1.807, 2.05) is 0 Å². The highest BCUT2D eigenvalue weighted by Gasteiger charge is 2.15. The lowest BCUT2D eigenvalue weighted by molar-refractivity contribution is 0.102. The minimum Gasteiger partial charge on any atom is -0.463 e. The van der Waals surface area contributed by atoms with E-state index in [-0.39, 0.29) is 28.5 Å². The van der Waals surface area contributed by atoms with Crippen LogP contribution < -0.4 is 15.7 Å². The second-order valence-electron chi connectivity index (χ2n) is 5.25. The number of carbonyl (C=O) groups excluding carboxylic acids is 1. The maximum absolute atomic E-state index is 13.2. The van der Waals surface area contributed by atoms with E-state index in [9.17, 15) is 14.0 Å². The van der Waals surface area contributed by atoms with Gasteiger partial charge in [-0.1, -0.05) is 39.7 Å². The Kier molecular flexibility index (Phi) is 5.58. The number of nitrogens with one attached hydrogen (secondary N) is 1. The summed E-state index contributed by atoms with van der Waals surface area (Å²) in [6.07, 6.45) is 0. The van der Waals surface area contributed by atoms with Crippen molar-refractivity contribution < 1.29 is 18.3 Å². The van der Waals surface area contributed by atoms with Gasteiger partial charge >= 0.3 is 11.6 Å². The van der Waals surface area contributed by atoms with E-state index in [1.165, 1.54) is 24.3 Å². The summed E-state index contributed by atoms with van der Waals surface area (Å²) >= 11 is 9.42. The zero-order valence-corrected chi connectivity index (χ0v) is 15.6. The molecule has 0 saturated carbocycles. The molecule has 0 bridgehead atoms. The molecule has 0 aliphatic carbocycles. The smallest absolute Gasteiger partial charge is 0.346 e. The van der Waals surface area contributed by atoms with Crippen molar-refractivity contribution in [1.82, 2.24) is 0 Å². The average Bonchev–Trinajstić information content (AvgIpc) is 2.63. The molecule has 1 N–H and O–H groups in total. The lowest BCUT2D eigenvalue weighted by Gasteiger charge is -2.09. The maximum Gasteiger partial charge on any atom is 0.346 e. The summed E-state index contributed by atoms with van der Waals surface area (Å²) in [5.74, 6) is -1.07. The molecule has 1 aromatic heterocycles. The van der Waals surface area contributed by atoms with Gasteiger partial charge in [-0.25, -0.2) is 9.18 Å².